The van der Waals surface area contributed by atoms with Gasteiger partial charge in [0.25, 0.3) is 0 Å². The van der Waals surface area contributed by atoms with Crippen LogP contribution in [0, 0.1) is 0 Å². The average Bonchev–Trinajstić information content (AvgIpc) is 3.08. The molecule has 1 fully saturated rings. The van der Waals surface area contributed by atoms with Gasteiger partial charge in [-0.05, 0) is 12.8 Å². The van der Waals surface area contributed by atoms with E-state index in [1.54, 1.807) is 0 Å². The Bertz CT molecular complexity index is 743. The van der Waals surface area contributed by atoms with E-state index in [1.165, 1.54) is 96.3 Å². The van der Waals surface area contributed by atoms with Gasteiger partial charge in [-0.1, -0.05) is 162 Å². The van der Waals surface area contributed by atoms with Crippen molar-refractivity contribution in [3.05, 3.63) is 0 Å². The largest absolute Gasteiger partial charge is 0.394 e. The highest BCUT2D eigenvalue weighted by molar-refractivity contribution is 5.80. The second kappa shape index (κ2) is 29.8. The Morgan fingerprint density at radius 1 is 0.625 bits per heavy atom. The van der Waals surface area contributed by atoms with Crippen molar-refractivity contribution < 1.29 is 44.9 Å². The molecule has 1 saturated heterocycles. The molecule has 0 aromatic rings. The molecule has 286 valence electrons. The predicted octanol–water partition coefficient (Wildman–Crippen LogP) is 5.80. The van der Waals surface area contributed by atoms with E-state index < -0.39 is 61.5 Å². The highest BCUT2D eigenvalue weighted by Gasteiger charge is 2.44. The fourth-order valence-corrected chi connectivity index (χ4v) is 6.46. The Balaban J connectivity index is 2.48. The molecule has 1 rings (SSSR count). The van der Waals surface area contributed by atoms with E-state index in [2.05, 4.69) is 19.2 Å². The minimum Gasteiger partial charge on any atom is -0.394 e. The quantitative estimate of drug-likeness (QED) is 0.0432. The number of unbranched alkanes of at least 4 members (excludes halogenated alkanes) is 21. The summed E-state index contributed by atoms with van der Waals surface area (Å²) in [4.78, 5) is 12.9. The standard InChI is InChI=1S/C38H75NO9/c1-3-5-7-9-11-13-15-16-17-19-20-22-24-26-31(41)30(29-47-38-36(45)35(44)34(43)33(28-40)48-38)39-37(46)32(42)27-25-23-21-18-14-12-10-8-6-4-2/h30-36,38,40-45H,3-29H2,1-2H3,(H,39,46). The van der Waals surface area contributed by atoms with E-state index in [4.69, 9.17) is 9.47 Å². The molecule has 1 heterocycles. The van der Waals surface area contributed by atoms with Gasteiger partial charge in [-0.2, -0.15) is 0 Å². The van der Waals surface area contributed by atoms with Crippen LogP contribution in [0.15, 0.2) is 0 Å². The van der Waals surface area contributed by atoms with Crippen molar-refractivity contribution in [3.8, 4) is 0 Å². The zero-order valence-corrected chi connectivity index (χ0v) is 30.6. The Morgan fingerprint density at radius 3 is 1.48 bits per heavy atom. The summed E-state index contributed by atoms with van der Waals surface area (Å²) >= 11 is 0. The van der Waals surface area contributed by atoms with Crippen LogP contribution < -0.4 is 5.32 Å². The van der Waals surface area contributed by atoms with Gasteiger partial charge in [-0.15, -0.1) is 0 Å². The Hall–Kier alpha value is -0.850. The molecular formula is C38H75NO9. The Morgan fingerprint density at radius 2 is 1.04 bits per heavy atom. The summed E-state index contributed by atoms with van der Waals surface area (Å²) in [5, 5.41) is 64.4. The fraction of sp³-hybridized carbons (Fsp3) is 0.974. The van der Waals surface area contributed by atoms with Crippen LogP contribution in [0.25, 0.3) is 0 Å². The van der Waals surface area contributed by atoms with Gasteiger partial charge in [0.2, 0.25) is 5.91 Å². The van der Waals surface area contributed by atoms with E-state index >= 15 is 0 Å². The number of carbonyl (C=O) groups is 1. The number of hydrogen-bond donors (Lipinski definition) is 7. The molecule has 48 heavy (non-hydrogen) atoms. The highest BCUT2D eigenvalue weighted by atomic mass is 16.7. The molecule has 0 aliphatic carbocycles. The Labute approximate surface area is 292 Å². The number of amides is 1. The first-order chi connectivity index (χ1) is 23.3. The maximum atomic E-state index is 12.9. The topological polar surface area (TPSA) is 169 Å². The SMILES string of the molecule is CCCCCCCCCCCCCCCC(O)C(COC1OC(CO)C(O)C(O)C1O)NC(=O)C(O)CCCCCCCCCCCC. The second-order valence-corrected chi connectivity index (χ2v) is 14.2. The van der Waals surface area contributed by atoms with Gasteiger partial charge in [0.1, 0.15) is 30.5 Å². The summed E-state index contributed by atoms with van der Waals surface area (Å²) in [6, 6.07) is -0.885. The first-order valence-electron chi connectivity index (χ1n) is 19.8. The molecule has 0 aromatic heterocycles. The van der Waals surface area contributed by atoms with Crippen molar-refractivity contribution in [3.63, 3.8) is 0 Å². The van der Waals surface area contributed by atoms with Crippen LogP contribution in [0.4, 0.5) is 0 Å². The van der Waals surface area contributed by atoms with Gasteiger partial charge < -0.3 is 45.4 Å². The molecule has 1 amide bonds. The molecule has 0 bridgehead atoms. The maximum Gasteiger partial charge on any atom is 0.249 e. The number of rotatable bonds is 32. The van der Waals surface area contributed by atoms with Crippen LogP contribution in [0.3, 0.4) is 0 Å². The molecule has 0 spiro atoms. The minimum atomic E-state index is -1.59. The number of carbonyl (C=O) groups excluding carboxylic acids is 1. The molecule has 1 aliphatic heterocycles. The van der Waals surface area contributed by atoms with Gasteiger partial charge >= 0.3 is 0 Å². The van der Waals surface area contributed by atoms with Crippen molar-refractivity contribution in [2.45, 2.75) is 223 Å². The fourth-order valence-electron chi connectivity index (χ4n) is 6.46. The highest BCUT2D eigenvalue weighted by Crippen LogP contribution is 2.23. The number of nitrogens with one attached hydrogen (secondary N) is 1. The van der Waals surface area contributed by atoms with Gasteiger partial charge in [0.15, 0.2) is 6.29 Å². The van der Waals surface area contributed by atoms with Crippen molar-refractivity contribution >= 4 is 5.91 Å². The van der Waals surface area contributed by atoms with Crippen LogP contribution in [-0.4, -0.2) is 98.7 Å². The molecule has 10 nitrogen and oxygen atoms in total. The third kappa shape index (κ3) is 20.7. The lowest BCUT2D eigenvalue weighted by Crippen LogP contribution is -2.60. The molecule has 0 radical (unpaired) electrons. The normalized spacial score (nSPS) is 23.2. The lowest BCUT2D eigenvalue weighted by atomic mass is 9.99. The second-order valence-electron chi connectivity index (χ2n) is 14.2. The molecule has 8 unspecified atom stereocenters. The summed E-state index contributed by atoms with van der Waals surface area (Å²) in [5.74, 6) is -0.585. The third-order valence-corrected chi connectivity index (χ3v) is 9.82. The number of ether oxygens (including phenoxy) is 2. The number of aliphatic hydroxyl groups excluding tert-OH is 6. The molecular weight excluding hydrogens is 614 g/mol. The maximum absolute atomic E-state index is 12.9. The van der Waals surface area contributed by atoms with Gasteiger partial charge in [-0.25, -0.2) is 0 Å². The van der Waals surface area contributed by atoms with Crippen LogP contribution in [0.2, 0.25) is 0 Å². The summed E-state index contributed by atoms with van der Waals surface area (Å²) in [6.45, 7) is 3.62. The monoisotopic (exact) mass is 690 g/mol. The zero-order chi connectivity index (χ0) is 35.4. The van der Waals surface area contributed by atoms with Gasteiger partial charge in [0, 0.05) is 0 Å². The molecule has 0 aromatic carbocycles. The lowest BCUT2D eigenvalue weighted by molar-refractivity contribution is -0.302. The van der Waals surface area contributed by atoms with E-state index in [0.717, 1.165) is 51.4 Å². The number of aliphatic hydroxyl groups is 6. The zero-order valence-electron chi connectivity index (χ0n) is 30.6. The van der Waals surface area contributed by atoms with Crippen LogP contribution in [0.5, 0.6) is 0 Å². The third-order valence-electron chi connectivity index (χ3n) is 9.82. The average molecular weight is 690 g/mol. The van der Waals surface area contributed by atoms with Gasteiger partial charge in [0.05, 0.1) is 25.4 Å². The minimum absolute atomic E-state index is 0.251. The van der Waals surface area contributed by atoms with Gasteiger partial charge in [-0.3, -0.25) is 4.79 Å². The molecule has 8 atom stereocenters. The van der Waals surface area contributed by atoms with Crippen LogP contribution >= 0.6 is 0 Å². The Kier molecular flexibility index (Phi) is 28.1. The van der Waals surface area contributed by atoms with Crippen molar-refractivity contribution in [2.24, 2.45) is 0 Å². The number of hydrogen-bond acceptors (Lipinski definition) is 9. The predicted molar refractivity (Wildman–Crippen MR) is 190 cm³/mol. The first-order valence-corrected chi connectivity index (χ1v) is 19.8. The first kappa shape index (κ1) is 45.2. The van der Waals surface area contributed by atoms with Crippen molar-refractivity contribution in [1.29, 1.82) is 0 Å². The van der Waals surface area contributed by atoms with E-state index in [1.807, 2.05) is 0 Å². The molecule has 1 aliphatic rings. The summed E-state index contributed by atoms with van der Waals surface area (Å²) in [6.07, 6.45) is 18.7. The molecule has 10 heteroatoms. The van der Waals surface area contributed by atoms with Crippen molar-refractivity contribution in [1.82, 2.24) is 5.32 Å². The van der Waals surface area contributed by atoms with E-state index in [-0.39, 0.29) is 6.61 Å². The smallest absolute Gasteiger partial charge is 0.249 e. The van der Waals surface area contributed by atoms with E-state index in [0.29, 0.717) is 12.8 Å². The van der Waals surface area contributed by atoms with E-state index in [9.17, 15) is 35.4 Å². The van der Waals surface area contributed by atoms with Crippen LogP contribution in [-0.2, 0) is 14.3 Å². The molecule has 7 N–H and O–H groups in total. The lowest BCUT2D eigenvalue weighted by Gasteiger charge is -2.40. The molecule has 0 saturated carbocycles. The summed E-state index contributed by atoms with van der Waals surface area (Å²) < 4.78 is 11.1. The summed E-state index contributed by atoms with van der Waals surface area (Å²) in [5.41, 5.74) is 0. The summed E-state index contributed by atoms with van der Waals surface area (Å²) in [7, 11) is 0. The van der Waals surface area contributed by atoms with Crippen molar-refractivity contribution in [2.75, 3.05) is 13.2 Å². The van der Waals surface area contributed by atoms with Crippen LogP contribution in [0.1, 0.15) is 174 Å².